The Bertz CT molecular complexity index is 886. The Hall–Kier alpha value is -2.96. The predicted molar refractivity (Wildman–Crippen MR) is 71.5 cm³/mol. The second-order valence-corrected chi connectivity index (χ2v) is 4.30. The van der Waals surface area contributed by atoms with E-state index in [2.05, 4.69) is 5.32 Å². The molecule has 20 heavy (non-hydrogen) atoms. The van der Waals surface area contributed by atoms with E-state index in [-0.39, 0.29) is 17.9 Å². The van der Waals surface area contributed by atoms with E-state index in [0.29, 0.717) is 16.7 Å². The number of furan rings is 1. The fourth-order valence-electron chi connectivity index (χ4n) is 1.92. The molecule has 7 nitrogen and oxygen atoms in total. The molecule has 7 heteroatoms. The highest BCUT2D eigenvalue weighted by Crippen LogP contribution is 2.24. The minimum absolute atomic E-state index is 0.0136. The zero-order valence-electron chi connectivity index (χ0n) is 10.1. The molecule has 0 spiro atoms. The Balaban J connectivity index is 1.82. The SMILES string of the molecule is O=c1cc(NCc2cc3cc([N+](=O)[O-])ccc3o2)c1=O. The molecule has 0 aliphatic heterocycles. The van der Waals surface area contributed by atoms with Crippen LogP contribution in [-0.4, -0.2) is 4.92 Å². The van der Waals surface area contributed by atoms with E-state index in [1.807, 2.05) is 0 Å². The van der Waals surface area contributed by atoms with Gasteiger partial charge in [0.2, 0.25) is 10.9 Å². The topological polar surface area (TPSA) is 102 Å². The smallest absolute Gasteiger partial charge is 0.270 e. The highest BCUT2D eigenvalue weighted by atomic mass is 16.6. The van der Waals surface area contributed by atoms with Crippen molar-refractivity contribution in [3.05, 3.63) is 66.7 Å². The molecule has 100 valence electrons. The van der Waals surface area contributed by atoms with Crippen LogP contribution in [0.1, 0.15) is 5.76 Å². The number of fused-ring (bicyclic) bond motifs is 1. The van der Waals surface area contributed by atoms with E-state index in [1.165, 1.54) is 24.3 Å². The molecule has 1 aromatic heterocycles. The number of nitrogens with one attached hydrogen (secondary N) is 1. The van der Waals surface area contributed by atoms with E-state index in [0.717, 1.165) is 0 Å². The molecule has 1 N–H and O–H groups in total. The van der Waals surface area contributed by atoms with Crippen molar-refractivity contribution in [2.45, 2.75) is 6.54 Å². The number of benzene rings is 1. The third-order valence-corrected chi connectivity index (χ3v) is 2.96. The van der Waals surface area contributed by atoms with Crippen molar-refractivity contribution < 1.29 is 9.34 Å². The summed E-state index contributed by atoms with van der Waals surface area (Å²) in [5.41, 5.74) is -0.302. The first-order valence-corrected chi connectivity index (χ1v) is 5.76. The first-order valence-electron chi connectivity index (χ1n) is 5.76. The molecule has 3 aromatic rings. The van der Waals surface area contributed by atoms with Gasteiger partial charge in [0.05, 0.1) is 17.2 Å². The van der Waals surface area contributed by atoms with Gasteiger partial charge in [-0.05, 0) is 12.1 Å². The summed E-state index contributed by atoms with van der Waals surface area (Å²) in [7, 11) is 0. The average molecular weight is 272 g/mol. The molecule has 0 saturated heterocycles. The summed E-state index contributed by atoms with van der Waals surface area (Å²) in [5, 5.41) is 14.1. The van der Waals surface area contributed by atoms with Crippen LogP contribution in [0.4, 0.5) is 11.4 Å². The zero-order valence-corrected chi connectivity index (χ0v) is 10.1. The van der Waals surface area contributed by atoms with Crippen molar-refractivity contribution in [2.24, 2.45) is 0 Å². The maximum Gasteiger partial charge on any atom is 0.270 e. The number of rotatable bonds is 4. The van der Waals surface area contributed by atoms with Gasteiger partial charge in [0.25, 0.3) is 5.69 Å². The van der Waals surface area contributed by atoms with Crippen molar-refractivity contribution in [3.8, 4) is 0 Å². The lowest BCUT2D eigenvalue weighted by Gasteiger charge is -2.03. The first-order chi connectivity index (χ1) is 9.54. The quantitative estimate of drug-likeness (QED) is 0.439. The molecule has 2 aromatic carbocycles. The number of hydrogen-bond donors (Lipinski definition) is 1. The monoisotopic (exact) mass is 272 g/mol. The van der Waals surface area contributed by atoms with Crippen molar-refractivity contribution >= 4 is 22.3 Å². The van der Waals surface area contributed by atoms with E-state index in [4.69, 9.17) is 4.42 Å². The highest BCUT2D eigenvalue weighted by Gasteiger charge is 2.12. The molecule has 0 atom stereocenters. The van der Waals surface area contributed by atoms with Crippen molar-refractivity contribution in [1.82, 2.24) is 0 Å². The van der Waals surface area contributed by atoms with Gasteiger partial charge >= 0.3 is 0 Å². The number of hydrogen-bond acceptors (Lipinski definition) is 6. The Kier molecular flexibility index (Phi) is 2.60. The van der Waals surface area contributed by atoms with Crippen LogP contribution in [0.15, 0.2) is 44.3 Å². The van der Waals surface area contributed by atoms with E-state index < -0.39 is 15.8 Å². The molecule has 0 radical (unpaired) electrons. The second-order valence-electron chi connectivity index (χ2n) is 4.30. The first kappa shape index (κ1) is 12.1. The second kappa shape index (κ2) is 4.30. The normalized spacial score (nSPS) is 11.0. The lowest BCUT2D eigenvalue weighted by molar-refractivity contribution is -0.384. The third-order valence-electron chi connectivity index (χ3n) is 2.96. The summed E-state index contributed by atoms with van der Waals surface area (Å²) in [5.74, 6) is 0.522. The van der Waals surface area contributed by atoms with Gasteiger partial charge in [-0.3, -0.25) is 19.7 Å². The third kappa shape index (κ3) is 1.95. The van der Waals surface area contributed by atoms with Gasteiger partial charge in [-0.2, -0.15) is 0 Å². The minimum atomic E-state index is -0.545. The molecule has 0 amide bonds. The van der Waals surface area contributed by atoms with Crippen molar-refractivity contribution in [1.29, 1.82) is 0 Å². The largest absolute Gasteiger partial charge is 0.459 e. The van der Waals surface area contributed by atoms with E-state index >= 15 is 0 Å². The summed E-state index contributed by atoms with van der Waals surface area (Å²) in [6, 6.07) is 7.17. The zero-order chi connectivity index (χ0) is 14.3. The minimum Gasteiger partial charge on any atom is -0.459 e. The Labute approximate surface area is 111 Å². The maximum absolute atomic E-state index is 11.1. The van der Waals surface area contributed by atoms with Gasteiger partial charge in [-0.15, -0.1) is 0 Å². The maximum atomic E-state index is 11.1. The lowest BCUT2D eigenvalue weighted by atomic mass is 10.2. The van der Waals surface area contributed by atoms with Crippen LogP contribution in [0.2, 0.25) is 0 Å². The molecule has 0 unspecified atom stereocenters. The summed E-state index contributed by atoms with van der Waals surface area (Å²) >= 11 is 0. The summed E-state index contributed by atoms with van der Waals surface area (Å²) in [4.78, 5) is 32.0. The fourth-order valence-corrected chi connectivity index (χ4v) is 1.92. The molecular formula is C13H8N2O5. The molecule has 0 fully saturated rings. The Morgan fingerprint density at radius 1 is 1.20 bits per heavy atom. The molecular weight excluding hydrogens is 264 g/mol. The molecule has 1 heterocycles. The standard InChI is InChI=1S/C13H8N2O5/c16-11-5-10(13(11)17)14-6-9-4-7-3-8(15(18)19)1-2-12(7)20-9/h1-5,14H,6H2. The summed E-state index contributed by atoms with van der Waals surface area (Å²) in [6.07, 6.45) is 0. The van der Waals surface area contributed by atoms with Crippen LogP contribution in [-0.2, 0) is 6.54 Å². The van der Waals surface area contributed by atoms with Gasteiger partial charge < -0.3 is 9.73 Å². The fraction of sp³-hybridized carbons (Fsp3) is 0.0769. The number of nitro groups is 1. The average Bonchev–Trinajstić information content (AvgIpc) is 2.84. The Morgan fingerprint density at radius 3 is 2.65 bits per heavy atom. The number of non-ortho nitro benzene ring substituents is 1. The van der Waals surface area contributed by atoms with Crippen LogP contribution in [0.3, 0.4) is 0 Å². The van der Waals surface area contributed by atoms with Gasteiger partial charge in [0, 0.05) is 23.6 Å². The van der Waals surface area contributed by atoms with E-state index in [1.54, 1.807) is 6.07 Å². The van der Waals surface area contributed by atoms with Gasteiger partial charge in [0.1, 0.15) is 11.3 Å². The van der Waals surface area contributed by atoms with Gasteiger partial charge in [0.15, 0.2) is 0 Å². The molecule has 0 saturated carbocycles. The van der Waals surface area contributed by atoms with Crippen molar-refractivity contribution in [3.63, 3.8) is 0 Å². The predicted octanol–water partition coefficient (Wildman–Crippen LogP) is 1.55. The molecule has 0 bridgehead atoms. The van der Waals surface area contributed by atoms with Crippen LogP contribution >= 0.6 is 0 Å². The summed E-state index contributed by atoms with van der Waals surface area (Å²) < 4.78 is 5.48. The molecule has 0 aliphatic carbocycles. The van der Waals surface area contributed by atoms with Gasteiger partial charge in [-0.1, -0.05) is 0 Å². The van der Waals surface area contributed by atoms with Crippen LogP contribution in [0.25, 0.3) is 11.0 Å². The highest BCUT2D eigenvalue weighted by molar-refractivity contribution is 5.80. The van der Waals surface area contributed by atoms with Crippen molar-refractivity contribution in [2.75, 3.05) is 5.32 Å². The lowest BCUT2D eigenvalue weighted by Crippen LogP contribution is -2.32. The number of nitro benzene ring substituents is 1. The Morgan fingerprint density at radius 2 is 2.00 bits per heavy atom. The van der Waals surface area contributed by atoms with Gasteiger partial charge in [-0.25, -0.2) is 0 Å². The van der Waals surface area contributed by atoms with E-state index in [9.17, 15) is 19.7 Å². The van der Waals surface area contributed by atoms with Crippen LogP contribution in [0.5, 0.6) is 0 Å². The van der Waals surface area contributed by atoms with Crippen LogP contribution < -0.4 is 16.2 Å². The molecule has 0 aliphatic rings. The molecule has 3 rings (SSSR count). The number of anilines is 1. The van der Waals surface area contributed by atoms with Crippen LogP contribution in [0, 0.1) is 10.1 Å². The summed E-state index contributed by atoms with van der Waals surface area (Å²) in [6.45, 7) is 0.229. The number of nitrogens with zero attached hydrogens (tertiary/aromatic N) is 1.